The second-order valence-electron chi connectivity index (χ2n) is 6.46. The van der Waals surface area contributed by atoms with Gasteiger partial charge in [0, 0.05) is 20.1 Å². The lowest BCUT2D eigenvalue weighted by atomic mass is 10.1. The van der Waals surface area contributed by atoms with Crippen molar-refractivity contribution >= 4 is 11.7 Å². The van der Waals surface area contributed by atoms with E-state index in [4.69, 9.17) is 0 Å². The largest absolute Gasteiger partial charge is 0.354 e. The van der Waals surface area contributed by atoms with Crippen molar-refractivity contribution in [1.82, 2.24) is 15.5 Å². The number of amides is 1. The Kier molecular flexibility index (Phi) is 6.52. The Morgan fingerprint density at radius 2 is 1.56 bits per heavy atom. The summed E-state index contributed by atoms with van der Waals surface area (Å²) in [5.74, 6) is 0.548. The maximum absolute atomic E-state index is 12.2. The van der Waals surface area contributed by atoms with E-state index in [0.29, 0.717) is 12.2 Å². The van der Waals surface area contributed by atoms with Crippen molar-refractivity contribution in [2.45, 2.75) is 19.4 Å². The molecular formula is C22H24N4O. The predicted octanol–water partition coefficient (Wildman–Crippen LogP) is 3.48. The first-order valence-electron chi connectivity index (χ1n) is 9.13. The number of carbonyl (C=O) groups is 1. The molecule has 27 heavy (non-hydrogen) atoms. The van der Waals surface area contributed by atoms with E-state index in [1.54, 1.807) is 6.07 Å². The van der Waals surface area contributed by atoms with Crippen LogP contribution in [0.5, 0.6) is 0 Å². The number of aromatic nitrogens is 2. The van der Waals surface area contributed by atoms with E-state index >= 15 is 0 Å². The Morgan fingerprint density at radius 3 is 2.19 bits per heavy atom. The highest BCUT2D eigenvalue weighted by Gasteiger charge is 2.09. The van der Waals surface area contributed by atoms with E-state index in [1.165, 1.54) is 11.1 Å². The maximum atomic E-state index is 12.2. The number of hydrogen-bond acceptors (Lipinski definition) is 4. The summed E-state index contributed by atoms with van der Waals surface area (Å²) in [5, 5.41) is 11.2. The molecule has 0 saturated carbocycles. The van der Waals surface area contributed by atoms with Crippen LogP contribution in [-0.2, 0) is 13.0 Å². The molecule has 3 aromatic rings. The molecule has 0 spiro atoms. The third-order valence-corrected chi connectivity index (χ3v) is 4.31. The van der Waals surface area contributed by atoms with Gasteiger partial charge in [-0.2, -0.15) is 0 Å². The Labute approximate surface area is 160 Å². The fourth-order valence-electron chi connectivity index (χ4n) is 2.82. The molecule has 0 fully saturated rings. The SMILES string of the molecule is CN(Cc1ccccc1)c1ccc(C(=O)NCCCc2ccccc2)nn1. The zero-order valence-corrected chi connectivity index (χ0v) is 15.5. The van der Waals surface area contributed by atoms with Crippen LogP contribution in [0, 0.1) is 0 Å². The van der Waals surface area contributed by atoms with Gasteiger partial charge in [-0.05, 0) is 36.1 Å². The summed E-state index contributed by atoms with van der Waals surface area (Å²) in [7, 11) is 1.96. The molecule has 0 saturated heterocycles. The van der Waals surface area contributed by atoms with Gasteiger partial charge in [0.25, 0.3) is 5.91 Å². The summed E-state index contributed by atoms with van der Waals surface area (Å²) in [6.07, 6.45) is 1.83. The van der Waals surface area contributed by atoms with Crippen molar-refractivity contribution in [2.75, 3.05) is 18.5 Å². The van der Waals surface area contributed by atoms with Crippen LogP contribution in [0.4, 0.5) is 5.82 Å². The lowest BCUT2D eigenvalue weighted by Gasteiger charge is -2.17. The molecule has 0 aliphatic heterocycles. The number of rotatable bonds is 8. The number of aryl methyl sites for hydroxylation is 1. The van der Waals surface area contributed by atoms with Gasteiger partial charge in [-0.25, -0.2) is 0 Å². The molecule has 2 aromatic carbocycles. The molecule has 0 aliphatic carbocycles. The van der Waals surface area contributed by atoms with Gasteiger partial charge in [-0.1, -0.05) is 60.7 Å². The summed E-state index contributed by atoms with van der Waals surface area (Å²) >= 11 is 0. The van der Waals surface area contributed by atoms with Crippen molar-refractivity contribution in [3.8, 4) is 0 Å². The fraction of sp³-hybridized carbons (Fsp3) is 0.227. The fourth-order valence-corrected chi connectivity index (χ4v) is 2.82. The Bertz CT molecular complexity index is 835. The van der Waals surface area contributed by atoms with E-state index in [1.807, 2.05) is 54.4 Å². The van der Waals surface area contributed by atoms with Crippen LogP contribution in [0.25, 0.3) is 0 Å². The van der Waals surface area contributed by atoms with Crippen molar-refractivity contribution in [3.63, 3.8) is 0 Å². The normalized spacial score (nSPS) is 10.4. The Hall–Kier alpha value is -3.21. The molecule has 1 heterocycles. The predicted molar refractivity (Wildman–Crippen MR) is 108 cm³/mol. The summed E-state index contributed by atoms with van der Waals surface area (Å²) < 4.78 is 0. The maximum Gasteiger partial charge on any atom is 0.271 e. The highest BCUT2D eigenvalue weighted by Crippen LogP contribution is 2.12. The average molecular weight is 360 g/mol. The van der Waals surface area contributed by atoms with Gasteiger partial charge in [0.05, 0.1) is 0 Å². The van der Waals surface area contributed by atoms with E-state index in [2.05, 4.69) is 39.8 Å². The van der Waals surface area contributed by atoms with Gasteiger partial charge in [-0.3, -0.25) is 4.79 Å². The van der Waals surface area contributed by atoms with Gasteiger partial charge in [0.15, 0.2) is 11.5 Å². The average Bonchev–Trinajstić information content (AvgIpc) is 2.72. The highest BCUT2D eigenvalue weighted by atomic mass is 16.1. The number of nitrogens with zero attached hydrogens (tertiary/aromatic N) is 3. The molecule has 1 aromatic heterocycles. The van der Waals surface area contributed by atoms with E-state index in [-0.39, 0.29) is 5.91 Å². The minimum atomic E-state index is -0.187. The first-order chi connectivity index (χ1) is 13.2. The van der Waals surface area contributed by atoms with E-state index in [0.717, 1.165) is 25.2 Å². The molecule has 0 unspecified atom stereocenters. The summed E-state index contributed by atoms with van der Waals surface area (Å²) in [4.78, 5) is 14.2. The number of nitrogens with one attached hydrogen (secondary N) is 1. The van der Waals surface area contributed by atoms with Crippen molar-refractivity contribution < 1.29 is 4.79 Å². The number of carbonyl (C=O) groups excluding carboxylic acids is 1. The lowest BCUT2D eigenvalue weighted by Crippen LogP contribution is -2.26. The van der Waals surface area contributed by atoms with E-state index < -0.39 is 0 Å². The third-order valence-electron chi connectivity index (χ3n) is 4.31. The van der Waals surface area contributed by atoms with Crippen LogP contribution < -0.4 is 10.2 Å². The van der Waals surface area contributed by atoms with E-state index in [9.17, 15) is 4.79 Å². The monoisotopic (exact) mass is 360 g/mol. The van der Waals surface area contributed by atoms with Crippen LogP contribution >= 0.6 is 0 Å². The van der Waals surface area contributed by atoms with Crippen LogP contribution in [-0.4, -0.2) is 29.7 Å². The summed E-state index contributed by atoms with van der Waals surface area (Å²) in [5.41, 5.74) is 2.81. The van der Waals surface area contributed by atoms with Gasteiger partial charge in [-0.15, -0.1) is 10.2 Å². The second kappa shape index (κ2) is 9.48. The first kappa shape index (κ1) is 18.6. The van der Waals surface area contributed by atoms with Crippen LogP contribution in [0.15, 0.2) is 72.8 Å². The quantitative estimate of drug-likeness (QED) is 0.625. The van der Waals surface area contributed by atoms with Crippen LogP contribution in [0.1, 0.15) is 28.0 Å². The molecule has 138 valence electrons. The molecule has 5 nitrogen and oxygen atoms in total. The highest BCUT2D eigenvalue weighted by molar-refractivity contribution is 5.92. The molecule has 0 atom stereocenters. The van der Waals surface area contributed by atoms with Gasteiger partial charge < -0.3 is 10.2 Å². The number of benzene rings is 2. The standard InChI is InChI=1S/C22H24N4O/c1-26(17-19-11-6-3-7-12-19)21-15-14-20(24-25-21)22(27)23-16-8-13-18-9-4-2-5-10-18/h2-7,9-12,14-15H,8,13,16-17H2,1H3,(H,23,27). The summed E-state index contributed by atoms with van der Waals surface area (Å²) in [6, 6.07) is 24.0. The second-order valence-corrected chi connectivity index (χ2v) is 6.46. The minimum absolute atomic E-state index is 0.187. The topological polar surface area (TPSA) is 58.1 Å². The zero-order valence-electron chi connectivity index (χ0n) is 15.5. The number of anilines is 1. The van der Waals surface area contributed by atoms with Crippen molar-refractivity contribution in [2.24, 2.45) is 0 Å². The minimum Gasteiger partial charge on any atom is -0.354 e. The molecule has 5 heteroatoms. The summed E-state index contributed by atoms with van der Waals surface area (Å²) in [6.45, 7) is 1.35. The van der Waals surface area contributed by atoms with Crippen molar-refractivity contribution in [1.29, 1.82) is 0 Å². The van der Waals surface area contributed by atoms with Crippen molar-refractivity contribution in [3.05, 3.63) is 89.6 Å². The lowest BCUT2D eigenvalue weighted by molar-refractivity contribution is 0.0947. The molecule has 1 N–H and O–H groups in total. The smallest absolute Gasteiger partial charge is 0.271 e. The zero-order chi connectivity index (χ0) is 18.9. The first-order valence-corrected chi connectivity index (χ1v) is 9.13. The molecule has 0 bridgehead atoms. The van der Waals surface area contributed by atoms with Crippen LogP contribution in [0.3, 0.4) is 0 Å². The molecule has 0 aliphatic rings. The molecule has 0 radical (unpaired) electrons. The van der Waals surface area contributed by atoms with Gasteiger partial charge in [0.2, 0.25) is 0 Å². The Morgan fingerprint density at radius 1 is 0.889 bits per heavy atom. The molecule has 3 rings (SSSR count). The Balaban J connectivity index is 1.46. The molecule has 1 amide bonds. The molecular weight excluding hydrogens is 336 g/mol. The third kappa shape index (κ3) is 5.64. The number of hydrogen-bond donors (Lipinski definition) is 1. The van der Waals surface area contributed by atoms with Crippen LogP contribution in [0.2, 0.25) is 0 Å². The van der Waals surface area contributed by atoms with Gasteiger partial charge in [0.1, 0.15) is 0 Å². The van der Waals surface area contributed by atoms with Gasteiger partial charge >= 0.3 is 0 Å².